The molecule has 0 atom stereocenters. The van der Waals surface area contributed by atoms with Crippen LogP contribution in [-0.4, -0.2) is 0 Å². The quantitative estimate of drug-likeness (QED) is 0.416. The van der Waals surface area contributed by atoms with E-state index in [1.807, 2.05) is 0 Å². The predicted molar refractivity (Wildman–Crippen MR) is 1.37 cm³/mol. The Kier molecular flexibility index (Phi) is 61.1. The molecule has 2 nitrogen and oxygen atoms in total. The average Bonchev–Trinajstić information content (AvgIpc) is 0.918. The fourth-order valence-electron chi connectivity index (χ4n) is 0. The van der Waals surface area contributed by atoms with Crippen molar-refractivity contribution < 1.29 is 59.2 Å². The summed E-state index contributed by atoms with van der Waals surface area (Å²) in [6.45, 7) is 0. The first kappa shape index (κ1) is 16.3. The summed E-state index contributed by atoms with van der Waals surface area (Å²) in [4.78, 5) is 0. The molecule has 0 aliphatic carbocycles. The van der Waals surface area contributed by atoms with Gasteiger partial charge in [0.2, 0.25) is 0 Å². The Hall–Kier alpha value is 1.25. The molecule has 0 rings (SSSR count). The van der Waals surface area contributed by atoms with E-state index in [1.165, 1.54) is 0 Å². The molecule has 0 amide bonds. The zero-order valence-corrected chi connectivity index (χ0v) is 7.16. The van der Waals surface area contributed by atoms with Gasteiger partial charge in [0.25, 0.3) is 0 Å². The van der Waals surface area contributed by atoms with Crippen molar-refractivity contribution in [1.29, 1.82) is 0 Å². The zero-order chi connectivity index (χ0) is 2.71. The summed E-state index contributed by atoms with van der Waals surface area (Å²) in [6.07, 6.45) is 0. The minimum absolute atomic E-state index is 0. The summed E-state index contributed by atoms with van der Waals surface area (Å²) < 4.78 is 17.0. The van der Waals surface area contributed by atoms with Crippen molar-refractivity contribution in [2.45, 2.75) is 0 Å². The molecular weight excluding hydrogens is 288 g/mol. The first-order valence-corrected chi connectivity index (χ1v) is 1.97. The molecule has 32 valence electrons. The number of halogens is 2. The average molecular weight is 288 g/mol. The molecule has 5 heteroatoms. The summed E-state index contributed by atoms with van der Waals surface area (Å²) in [7, 11) is 0. The topological polar surface area (TPSA) is 34.1 Å². The van der Waals surface area contributed by atoms with Crippen LogP contribution in [0.1, 0.15) is 0 Å². The van der Waals surface area contributed by atoms with Crippen LogP contribution < -0.4 is 34.0 Å². The maximum atomic E-state index is 8.50. The van der Waals surface area contributed by atoms with Crippen LogP contribution in [0.25, 0.3) is 0 Å². The molecule has 5 heavy (non-hydrogen) atoms. The van der Waals surface area contributed by atoms with E-state index in [0.717, 1.165) is 0 Å². The Morgan fingerprint density at radius 2 is 1.00 bits per heavy atom. The Labute approximate surface area is 59.0 Å². The molecule has 0 aromatic carbocycles. The number of hydrogen-bond acceptors (Lipinski definition) is 2. The fourth-order valence-corrected chi connectivity index (χ4v) is 0. The molecule has 0 aromatic heterocycles. The molecule has 0 fully saturated rings. The van der Waals surface area contributed by atoms with Crippen LogP contribution in [0, 0.1) is 0 Å². The molecule has 0 aliphatic heterocycles. The van der Waals surface area contributed by atoms with Crippen LogP contribution in [0.2, 0.25) is 0 Å². The van der Waals surface area contributed by atoms with Crippen LogP contribution in [0.4, 0.5) is 0 Å². The molecule has 0 N–H and O–H groups in total. The van der Waals surface area contributed by atoms with Gasteiger partial charge in [0.1, 0.15) is 0 Å². The Morgan fingerprint density at radius 3 is 1.00 bits per heavy atom. The monoisotopic (exact) mass is 288 g/mol. The van der Waals surface area contributed by atoms with Crippen LogP contribution in [0.5, 0.6) is 0 Å². The van der Waals surface area contributed by atoms with Crippen molar-refractivity contribution in [2.75, 3.05) is 0 Å². The van der Waals surface area contributed by atoms with Gasteiger partial charge in [-0.05, 0) is 0 Å². The van der Waals surface area contributed by atoms with Crippen LogP contribution in [-0.2, 0) is 25.3 Å². The molecule has 0 unspecified atom stereocenters. The van der Waals surface area contributed by atoms with Crippen molar-refractivity contribution >= 4 is 0 Å². The van der Waals surface area contributed by atoms with Gasteiger partial charge in [0.05, 0.1) is 0 Å². The molecule has 0 radical (unpaired) electrons. The fraction of sp³-hybridized carbons (Fsp3) is 0. The third-order valence-corrected chi connectivity index (χ3v) is 0. The zero-order valence-electron chi connectivity index (χ0n) is 1.98. The molecule has 0 aliphatic rings. The normalized spacial score (nSPS) is 1.60. The number of hydrogen-bond donors (Lipinski definition) is 0. The Balaban J connectivity index is -0.0000000200. The summed E-state index contributed by atoms with van der Waals surface area (Å²) in [6, 6.07) is 0. The van der Waals surface area contributed by atoms with E-state index in [1.54, 1.807) is 0 Å². The van der Waals surface area contributed by atoms with Crippen molar-refractivity contribution in [3.05, 3.63) is 0 Å². The number of rotatable bonds is 0. The first-order chi connectivity index (χ1) is 1.41. The van der Waals surface area contributed by atoms with Gasteiger partial charge >= 0.3 is 25.3 Å². The van der Waals surface area contributed by atoms with E-state index >= 15 is 0 Å². The molecule has 0 saturated heterocycles. The minimum atomic E-state index is -2.03. The van der Waals surface area contributed by atoms with E-state index in [9.17, 15) is 0 Å². The predicted octanol–water partition coefficient (Wildman–Crippen LogP) is -6.23. The SMILES string of the molecule is [Br-].[Br-].[O]=[Mo+2]=[O]. The summed E-state index contributed by atoms with van der Waals surface area (Å²) in [5, 5.41) is 0. The molecule has 0 heterocycles. The Morgan fingerprint density at radius 1 is 1.00 bits per heavy atom. The second-order valence-corrected chi connectivity index (χ2v) is 0.403. The van der Waals surface area contributed by atoms with E-state index in [0.29, 0.717) is 0 Å². The molecule has 0 aromatic rings. The van der Waals surface area contributed by atoms with Crippen molar-refractivity contribution in [3.63, 3.8) is 0 Å². The van der Waals surface area contributed by atoms with Gasteiger partial charge in [-0.3, -0.25) is 0 Å². The van der Waals surface area contributed by atoms with Crippen LogP contribution in [0.15, 0.2) is 0 Å². The third-order valence-electron chi connectivity index (χ3n) is 0. The van der Waals surface area contributed by atoms with Gasteiger partial charge in [-0.2, -0.15) is 0 Å². The van der Waals surface area contributed by atoms with E-state index in [2.05, 4.69) is 0 Å². The second-order valence-electron chi connectivity index (χ2n) is 0.0680. The van der Waals surface area contributed by atoms with Gasteiger partial charge in [-0.25, -0.2) is 0 Å². The molecular formula is Br2MoO2. The molecule has 0 bridgehead atoms. The molecule has 0 spiro atoms. The molecule has 0 saturated carbocycles. The maximum absolute atomic E-state index is 8.50. The van der Waals surface area contributed by atoms with Crippen molar-refractivity contribution in [1.82, 2.24) is 0 Å². The van der Waals surface area contributed by atoms with Crippen molar-refractivity contribution in [2.24, 2.45) is 0 Å². The summed E-state index contributed by atoms with van der Waals surface area (Å²) in [5.74, 6) is 0. The Bertz CT molecular complexity index is 28.6. The third kappa shape index (κ3) is 35.5. The van der Waals surface area contributed by atoms with Crippen LogP contribution in [0.3, 0.4) is 0 Å². The standard InChI is InChI=1S/2BrH.Mo.2O/h2*1H;;;/q;;+2;;/p-2. The van der Waals surface area contributed by atoms with Crippen LogP contribution >= 0.6 is 0 Å². The van der Waals surface area contributed by atoms with E-state index in [4.69, 9.17) is 6.80 Å². The van der Waals surface area contributed by atoms with Crippen molar-refractivity contribution in [3.8, 4) is 0 Å². The first-order valence-electron chi connectivity index (χ1n) is 0.333. The second kappa shape index (κ2) is 18.7. The summed E-state index contributed by atoms with van der Waals surface area (Å²) >= 11 is -2.03. The van der Waals surface area contributed by atoms with Gasteiger partial charge in [0.15, 0.2) is 0 Å². The van der Waals surface area contributed by atoms with Gasteiger partial charge in [-0.15, -0.1) is 0 Å². The van der Waals surface area contributed by atoms with Gasteiger partial charge in [0, 0.05) is 0 Å². The summed E-state index contributed by atoms with van der Waals surface area (Å²) in [5.41, 5.74) is 0. The van der Waals surface area contributed by atoms with E-state index < -0.39 is 18.5 Å². The van der Waals surface area contributed by atoms with Gasteiger partial charge < -0.3 is 34.0 Å². The van der Waals surface area contributed by atoms with E-state index in [-0.39, 0.29) is 34.0 Å². The van der Waals surface area contributed by atoms with Gasteiger partial charge in [-0.1, -0.05) is 0 Å².